The minimum Gasteiger partial charge on any atom is -0.336 e. The standard InChI is InChI=1S/C13H17NO/c1-10-8-9-14(11(10)2)13(15)12-6-4-3-5-7-12/h3-7,10-11H,8-9H2,1-2H3/t10-,11+/m0/s1. The molecule has 2 atom stereocenters. The number of rotatable bonds is 1. The van der Waals surface area contributed by atoms with Gasteiger partial charge in [0.25, 0.3) is 5.91 Å². The van der Waals surface area contributed by atoms with Crippen LogP contribution in [0.1, 0.15) is 30.6 Å². The molecule has 0 unspecified atom stereocenters. The van der Waals surface area contributed by atoms with Crippen molar-refractivity contribution in [1.29, 1.82) is 0 Å². The monoisotopic (exact) mass is 203 g/mol. The number of carbonyl (C=O) groups excluding carboxylic acids is 1. The molecule has 2 nitrogen and oxygen atoms in total. The molecule has 80 valence electrons. The van der Waals surface area contributed by atoms with E-state index < -0.39 is 0 Å². The van der Waals surface area contributed by atoms with Crippen LogP contribution in [0.3, 0.4) is 0 Å². The molecule has 1 aromatic carbocycles. The summed E-state index contributed by atoms with van der Waals surface area (Å²) in [6, 6.07) is 9.91. The summed E-state index contributed by atoms with van der Waals surface area (Å²) in [4.78, 5) is 14.1. The van der Waals surface area contributed by atoms with Gasteiger partial charge in [0.2, 0.25) is 0 Å². The third-order valence-corrected chi connectivity index (χ3v) is 3.42. The number of benzene rings is 1. The Hall–Kier alpha value is -1.31. The summed E-state index contributed by atoms with van der Waals surface area (Å²) < 4.78 is 0. The van der Waals surface area contributed by atoms with E-state index >= 15 is 0 Å². The van der Waals surface area contributed by atoms with Crippen LogP contribution in [-0.4, -0.2) is 23.4 Å². The molecule has 0 saturated carbocycles. The Morgan fingerprint density at radius 3 is 2.47 bits per heavy atom. The fraction of sp³-hybridized carbons (Fsp3) is 0.462. The van der Waals surface area contributed by atoms with Crippen LogP contribution >= 0.6 is 0 Å². The molecule has 1 saturated heterocycles. The maximum absolute atomic E-state index is 12.1. The maximum Gasteiger partial charge on any atom is 0.254 e. The SMILES string of the molecule is C[C@@H]1[C@@H](C)CCN1C(=O)c1ccccc1. The second-order valence-electron chi connectivity index (χ2n) is 4.37. The Morgan fingerprint density at radius 1 is 1.27 bits per heavy atom. The highest BCUT2D eigenvalue weighted by molar-refractivity contribution is 5.94. The van der Waals surface area contributed by atoms with E-state index in [1.807, 2.05) is 35.2 Å². The summed E-state index contributed by atoms with van der Waals surface area (Å²) in [6.07, 6.45) is 1.12. The van der Waals surface area contributed by atoms with Gasteiger partial charge in [-0.25, -0.2) is 0 Å². The molecule has 0 N–H and O–H groups in total. The number of amides is 1. The zero-order chi connectivity index (χ0) is 10.8. The van der Waals surface area contributed by atoms with Gasteiger partial charge in [-0.05, 0) is 31.4 Å². The van der Waals surface area contributed by atoms with E-state index in [0.29, 0.717) is 12.0 Å². The molecule has 0 radical (unpaired) electrons. The highest BCUT2D eigenvalue weighted by Crippen LogP contribution is 2.24. The Morgan fingerprint density at radius 2 is 1.93 bits per heavy atom. The normalized spacial score (nSPS) is 25.6. The smallest absolute Gasteiger partial charge is 0.254 e. The summed E-state index contributed by atoms with van der Waals surface area (Å²) in [7, 11) is 0. The first-order valence-corrected chi connectivity index (χ1v) is 5.56. The average molecular weight is 203 g/mol. The van der Waals surface area contributed by atoms with E-state index in [9.17, 15) is 4.79 Å². The predicted octanol–water partition coefficient (Wildman–Crippen LogP) is 2.56. The summed E-state index contributed by atoms with van der Waals surface area (Å²) >= 11 is 0. The first kappa shape index (κ1) is 10.2. The second-order valence-corrected chi connectivity index (χ2v) is 4.37. The highest BCUT2D eigenvalue weighted by Gasteiger charge is 2.31. The molecule has 1 amide bonds. The van der Waals surface area contributed by atoms with E-state index in [2.05, 4.69) is 13.8 Å². The molecule has 0 aromatic heterocycles. The molecule has 2 heteroatoms. The number of likely N-dealkylation sites (tertiary alicyclic amines) is 1. The molecule has 1 aliphatic rings. The van der Waals surface area contributed by atoms with Crippen LogP contribution in [-0.2, 0) is 0 Å². The van der Waals surface area contributed by atoms with Gasteiger partial charge in [-0.1, -0.05) is 25.1 Å². The minimum absolute atomic E-state index is 0.174. The van der Waals surface area contributed by atoms with E-state index in [4.69, 9.17) is 0 Å². The number of hydrogen-bond donors (Lipinski definition) is 0. The van der Waals surface area contributed by atoms with Crippen LogP contribution in [0, 0.1) is 5.92 Å². The van der Waals surface area contributed by atoms with Crippen molar-refractivity contribution in [3.63, 3.8) is 0 Å². The fourth-order valence-corrected chi connectivity index (χ4v) is 2.13. The second kappa shape index (κ2) is 4.05. The van der Waals surface area contributed by atoms with Crippen LogP contribution < -0.4 is 0 Å². The lowest BCUT2D eigenvalue weighted by molar-refractivity contribution is 0.0735. The molecule has 0 aliphatic carbocycles. The number of hydrogen-bond acceptors (Lipinski definition) is 1. The van der Waals surface area contributed by atoms with Crippen molar-refractivity contribution >= 4 is 5.91 Å². The lowest BCUT2D eigenvalue weighted by atomic mass is 10.0. The van der Waals surface area contributed by atoms with E-state index in [-0.39, 0.29) is 5.91 Å². The quantitative estimate of drug-likeness (QED) is 0.687. The van der Waals surface area contributed by atoms with Gasteiger partial charge in [0.1, 0.15) is 0 Å². The van der Waals surface area contributed by atoms with Crippen LogP contribution in [0.15, 0.2) is 30.3 Å². The van der Waals surface area contributed by atoms with Crippen molar-refractivity contribution in [3.8, 4) is 0 Å². The van der Waals surface area contributed by atoms with Gasteiger partial charge in [-0.3, -0.25) is 4.79 Å². The first-order valence-electron chi connectivity index (χ1n) is 5.56. The highest BCUT2D eigenvalue weighted by atomic mass is 16.2. The molecule has 1 aliphatic heterocycles. The molecule has 1 fully saturated rings. The number of nitrogens with zero attached hydrogens (tertiary/aromatic N) is 1. The molecular formula is C13H17NO. The summed E-state index contributed by atoms with van der Waals surface area (Å²) in [5, 5.41) is 0. The van der Waals surface area contributed by atoms with Crippen molar-refractivity contribution in [2.24, 2.45) is 5.92 Å². The average Bonchev–Trinajstić information content (AvgIpc) is 2.60. The lowest BCUT2D eigenvalue weighted by Gasteiger charge is -2.23. The van der Waals surface area contributed by atoms with Gasteiger partial charge in [0.15, 0.2) is 0 Å². The molecular weight excluding hydrogens is 186 g/mol. The topological polar surface area (TPSA) is 20.3 Å². The first-order chi connectivity index (χ1) is 7.20. The van der Waals surface area contributed by atoms with Crippen molar-refractivity contribution in [2.75, 3.05) is 6.54 Å². The van der Waals surface area contributed by atoms with Gasteiger partial charge in [0, 0.05) is 18.2 Å². The Kier molecular flexibility index (Phi) is 2.76. The molecule has 15 heavy (non-hydrogen) atoms. The minimum atomic E-state index is 0.174. The van der Waals surface area contributed by atoms with E-state index in [1.54, 1.807) is 0 Å². The van der Waals surface area contributed by atoms with E-state index in [1.165, 1.54) is 0 Å². The molecule has 2 rings (SSSR count). The van der Waals surface area contributed by atoms with E-state index in [0.717, 1.165) is 18.5 Å². The van der Waals surface area contributed by atoms with Gasteiger partial charge in [0.05, 0.1) is 0 Å². The summed E-state index contributed by atoms with van der Waals surface area (Å²) in [5.74, 6) is 0.796. The van der Waals surface area contributed by atoms with Gasteiger partial charge in [-0.2, -0.15) is 0 Å². The lowest BCUT2D eigenvalue weighted by Crippen LogP contribution is -2.35. The Labute approximate surface area is 90.9 Å². The van der Waals surface area contributed by atoms with Crippen molar-refractivity contribution < 1.29 is 4.79 Å². The van der Waals surface area contributed by atoms with Crippen LogP contribution in [0.4, 0.5) is 0 Å². The fourth-order valence-electron chi connectivity index (χ4n) is 2.13. The van der Waals surface area contributed by atoms with Crippen LogP contribution in [0.5, 0.6) is 0 Å². The van der Waals surface area contributed by atoms with Crippen molar-refractivity contribution in [1.82, 2.24) is 4.90 Å². The summed E-state index contributed by atoms with van der Waals surface area (Å²) in [5.41, 5.74) is 0.804. The third-order valence-electron chi connectivity index (χ3n) is 3.42. The zero-order valence-electron chi connectivity index (χ0n) is 9.31. The Balaban J connectivity index is 2.16. The molecule has 0 bridgehead atoms. The maximum atomic E-state index is 12.1. The zero-order valence-corrected chi connectivity index (χ0v) is 9.31. The Bertz CT molecular complexity index is 347. The third kappa shape index (κ3) is 1.89. The molecule has 1 heterocycles. The van der Waals surface area contributed by atoms with Gasteiger partial charge >= 0.3 is 0 Å². The largest absolute Gasteiger partial charge is 0.336 e. The number of carbonyl (C=O) groups is 1. The summed E-state index contributed by atoms with van der Waals surface area (Å²) in [6.45, 7) is 5.25. The van der Waals surface area contributed by atoms with Crippen LogP contribution in [0.2, 0.25) is 0 Å². The van der Waals surface area contributed by atoms with Crippen LogP contribution in [0.25, 0.3) is 0 Å². The van der Waals surface area contributed by atoms with Crippen molar-refractivity contribution in [3.05, 3.63) is 35.9 Å². The van der Waals surface area contributed by atoms with Crippen molar-refractivity contribution in [2.45, 2.75) is 26.3 Å². The van der Waals surface area contributed by atoms with Gasteiger partial charge in [-0.15, -0.1) is 0 Å². The van der Waals surface area contributed by atoms with Gasteiger partial charge < -0.3 is 4.90 Å². The molecule has 1 aromatic rings. The molecule has 0 spiro atoms. The predicted molar refractivity (Wildman–Crippen MR) is 60.7 cm³/mol.